The van der Waals surface area contributed by atoms with Gasteiger partial charge in [-0.25, -0.2) is 0 Å². The molecular formula is C21H21OP. The van der Waals surface area contributed by atoms with Crippen molar-refractivity contribution < 1.29 is 4.79 Å². The van der Waals surface area contributed by atoms with Gasteiger partial charge >= 0.3 is 137 Å². The Hall–Kier alpha value is -2.24. The zero-order valence-corrected chi connectivity index (χ0v) is 14.2. The van der Waals surface area contributed by atoms with E-state index in [4.69, 9.17) is 0 Å². The van der Waals surface area contributed by atoms with E-state index < -0.39 is 6.60 Å². The van der Waals surface area contributed by atoms with Gasteiger partial charge in [0.1, 0.15) is 0 Å². The fourth-order valence-corrected chi connectivity index (χ4v) is 8.28. The summed E-state index contributed by atoms with van der Waals surface area (Å²) in [6, 6.07) is 31.5. The Kier molecular flexibility index (Phi) is 4.15. The molecule has 116 valence electrons. The van der Waals surface area contributed by atoms with Crippen molar-refractivity contribution in [2.24, 2.45) is 0 Å². The van der Waals surface area contributed by atoms with Gasteiger partial charge in [0.25, 0.3) is 0 Å². The van der Waals surface area contributed by atoms with Crippen molar-refractivity contribution in [2.75, 3.05) is 12.8 Å². The Bertz CT molecular complexity index is 682. The van der Waals surface area contributed by atoms with Gasteiger partial charge in [-0.2, -0.15) is 0 Å². The molecule has 3 aromatic rings. The maximum absolute atomic E-state index is 11.8. The third-order valence-corrected chi connectivity index (χ3v) is 11.0. The minimum absolute atomic E-state index is 0.518. The molecule has 0 heterocycles. The molecule has 0 bridgehead atoms. The maximum atomic E-state index is 11.8. The molecule has 0 aliphatic heterocycles. The second-order valence-electron chi connectivity index (χ2n) is 6.15. The summed E-state index contributed by atoms with van der Waals surface area (Å²) in [4.78, 5) is 11.8. The number of hydrogen-bond donors (Lipinski definition) is 0. The van der Waals surface area contributed by atoms with Crippen LogP contribution < -0.4 is 15.9 Å². The molecule has 0 aliphatic rings. The number of benzene rings is 3. The standard InChI is InChI=1S/C21H21OP/c1-23(18-17-22,19-11-5-2-6-12-19,20-13-7-3-8-14-20)21-15-9-4-10-16-21/h2-17H,18H2,1H3. The van der Waals surface area contributed by atoms with Gasteiger partial charge in [-0.15, -0.1) is 0 Å². The van der Waals surface area contributed by atoms with Crippen molar-refractivity contribution in [1.82, 2.24) is 0 Å². The molecule has 0 N–H and O–H groups in total. The first kappa shape index (κ1) is 15.6. The first-order valence-electron chi connectivity index (χ1n) is 7.81. The molecule has 23 heavy (non-hydrogen) atoms. The number of carbonyl (C=O) groups is 1. The van der Waals surface area contributed by atoms with Crippen LogP contribution >= 0.6 is 6.60 Å². The number of hydrogen-bond acceptors (Lipinski definition) is 1. The Morgan fingerprint density at radius 3 is 1.22 bits per heavy atom. The van der Waals surface area contributed by atoms with Crippen molar-refractivity contribution in [2.45, 2.75) is 0 Å². The summed E-state index contributed by atoms with van der Waals surface area (Å²) in [6.07, 6.45) is 1.61. The van der Waals surface area contributed by atoms with Crippen LogP contribution in [0, 0.1) is 0 Å². The molecule has 3 rings (SSSR count). The van der Waals surface area contributed by atoms with Crippen molar-refractivity contribution in [3.8, 4) is 0 Å². The number of aldehydes is 1. The van der Waals surface area contributed by atoms with E-state index in [1.165, 1.54) is 15.9 Å². The molecule has 0 atom stereocenters. The second-order valence-corrected chi connectivity index (χ2v) is 11.7. The first-order valence-corrected chi connectivity index (χ1v) is 10.7. The first-order chi connectivity index (χ1) is 11.2. The topological polar surface area (TPSA) is 17.1 Å². The van der Waals surface area contributed by atoms with Gasteiger partial charge in [0.2, 0.25) is 0 Å². The summed E-state index contributed by atoms with van der Waals surface area (Å²) in [5, 5.41) is 3.76. The van der Waals surface area contributed by atoms with Crippen LogP contribution in [0.2, 0.25) is 0 Å². The van der Waals surface area contributed by atoms with Gasteiger partial charge in [-0.1, -0.05) is 0 Å². The molecule has 0 fully saturated rings. The summed E-state index contributed by atoms with van der Waals surface area (Å²) in [7, 11) is 0. The van der Waals surface area contributed by atoms with Crippen LogP contribution in [-0.2, 0) is 4.79 Å². The number of carbonyl (C=O) groups excluding carboxylic acids is 1. The monoisotopic (exact) mass is 320 g/mol. The molecule has 1 nitrogen and oxygen atoms in total. The van der Waals surface area contributed by atoms with Crippen molar-refractivity contribution in [3.63, 3.8) is 0 Å². The SMILES string of the molecule is CP(CC=O)(c1ccccc1)(c1ccccc1)c1ccccc1. The van der Waals surface area contributed by atoms with Crippen molar-refractivity contribution in [1.29, 1.82) is 0 Å². The van der Waals surface area contributed by atoms with E-state index in [1.54, 1.807) is 0 Å². The van der Waals surface area contributed by atoms with Crippen LogP contribution in [0.5, 0.6) is 0 Å². The van der Waals surface area contributed by atoms with Crippen LogP contribution in [0.1, 0.15) is 0 Å². The molecule has 0 amide bonds. The molecule has 0 radical (unpaired) electrons. The van der Waals surface area contributed by atoms with Crippen LogP contribution in [0.25, 0.3) is 0 Å². The van der Waals surface area contributed by atoms with Gasteiger partial charge in [0.15, 0.2) is 0 Å². The number of rotatable bonds is 5. The van der Waals surface area contributed by atoms with E-state index in [2.05, 4.69) is 79.5 Å². The van der Waals surface area contributed by atoms with E-state index in [9.17, 15) is 4.79 Å². The minimum atomic E-state index is -2.80. The molecule has 0 aromatic heterocycles. The Balaban J connectivity index is 2.43. The van der Waals surface area contributed by atoms with E-state index in [0.717, 1.165) is 6.29 Å². The summed E-state index contributed by atoms with van der Waals surface area (Å²) in [5.41, 5.74) is 0. The van der Waals surface area contributed by atoms with Gasteiger partial charge in [-0.05, 0) is 0 Å². The Morgan fingerprint density at radius 1 is 0.652 bits per heavy atom. The zero-order chi connectivity index (χ0) is 16.2. The van der Waals surface area contributed by atoms with Gasteiger partial charge in [0, 0.05) is 0 Å². The Labute approximate surface area is 137 Å². The van der Waals surface area contributed by atoms with E-state index in [-0.39, 0.29) is 0 Å². The van der Waals surface area contributed by atoms with Gasteiger partial charge < -0.3 is 0 Å². The molecule has 0 unspecified atom stereocenters. The summed E-state index contributed by atoms with van der Waals surface area (Å²) >= 11 is 0. The predicted molar refractivity (Wildman–Crippen MR) is 102 cm³/mol. The molecule has 0 saturated heterocycles. The van der Waals surface area contributed by atoms with Crippen molar-refractivity contribution >= 4 is 28.8 Å². The zero-order valence-electron chi connectivity index (χ0n) is 13.3. The van der Waals surface area contributed by atoms with E-state index in [1.807, 2.05) is 18.2 Å². The molecule has 0 spiro atoms. The molecule has 0 saturated carbocycles. The molecule has 0 aliphatic carbocycles. The molecule has 3 aromatic carbocycles. The van der Waals surface area contributed by atoms with Crippen molar-refractivity contribution in [3.05, 3.63) is 91.0 Å². The third kappa shape index (κ3) is 2.42. The second kappa shape index (κ2) is 6.10. The molecular weight excluding hydrogens is 299 g/mol. The average molecular weight is 320 g/mol. The average Bonchev–Trinajstić information content (AvgIpc) is 2.64. The van der Waals surface area contributed by atoms with Crippen LogP contribution in [-0.4, -0.2) is 19.1 Å². The van der Waals surface area contributed by atoms with Crippen LogP contribution in [0.3, 0.4) is 0 Å². The van der Waals surface area contributed by atoms with E-state index >= 15 is 0 Å². The summed E-state index contributed by atoms with van der Waals surface area (Å²) in [5.74, 6) is 0. The Morgan fingerprint density at radius 2 is 0.957 bits per heavy atom. The van der Waals surface area contributed by atoms with E-state index in [0.29, 0.717) is 6.16 Å². The molecule has 2 heteroatoms. The van der Waals surface area contributed by atoms with Crippen LogP contribution in [0.4, 0.5) is 0 Å². The normalized spacial score (nSPS) is 13.0. The quantitative estimate of drug-likeness (QED) is 0.520. The fraction of sp³-hybridized carbons (Fsp3) is 0.0952. The predicted octanol–water partition coefficient (Wildman–Crippen LogP) is 3.34. The summed E-state index contributed by atoms with van der Waals surface area (Å²) in [6.45, 7) is -0.492. The van der Waals surface area contributed by atoms with Crippen LogP contribution in [0.15, 0.2) is 91.0 Å². The fourth-order valence-electron chi connectivity index (χ4n) is 3.44. The van der Waals surface area contributed by atoms with Gasteiger partial charge in [0.05, 0.1) is 0 Å². The summed E-state index contributed by atoms with van der Waals surface area (Å²) < 4.78 is 0. The third-order valence-electron chi connectivity index (χ3n) is 4.90. The van der Waals surface area contributed by atoms with Gasteiger partial charge in [-0.3, -0.25) is 0 Å².